The van der Waals surface area contributed by atoms with Crippen LogP contribution in [-0.2, 0) is 35.0 Å². The van der Waals surface area contributed by atoms with Crippen LogP contribution < -0.4 is 10.1 Å². The van der Waals surface area contributed by atoms with Gasteiger partial charge in [0.05, 0.1) is 13.0 Å². The van der Waals surface area contributed by atoms with Crippen molar-refractivity contribution in [3.63, 3.8) is 0 Å². The summed E-state index contributed by atoms with van der Waals surface area (Å²) in [5.74, 6) is -5.35. The summed E-state index contributed by atoms with van der Waals surface area (Å²) in [6.45, 7) is 4.14. The van der Waals surface area contributed by atoms with Crippen molar-refractivity contribution in [2.24, 2.45) is 11.8 Å². The molecule has 1 saturated heterocycles. The smallest absolute Gasteiger partial charge is 0.332 e. The van der Waals surface area contributed by atoms with Gasteiger partial charge in [0.25, 0.3) is 5.91 Å². The third-order valence-corrected chi connectivity index (χ3v) is 5.56. The molecule has 1 aliphatic heterocycles. The molecule has 3 heterocycles. The Hall–Kier alpha value is -4.29. The van der Waals surface area contributed by atoms with Crippen molar-refractivity contribution in [2.75, 3.05) is 13.7 Å². The van der Waals surface area contributed by atoms with Gasteiger partial charge in [-0.2, -0.15) is 0 Å². The topological polar surface area (TPSA) is 176 Å². The first-order chi connectivity index (χ1) is 17.6. The van der Waals surface area contributed by atoms with Gasteiger partial charge < -0.3 is 29.4 Å². The van der Waals surface area contributed by atoms with Gasteiger partial charge in [-0.15, -0.1) is 0 Å². The van der Waals surface area contributed by atoms with Crippen molar-refractivity contribution >= 4 is 23.8 Å². The number of hydrogen-bond acceptors (Lipinski definition) is 12. The van der Waals surface area contributed by atoms with Crippen molar-refractivity contribution in [1.29, 1.82) is 0 Å². The number of nitrogens with one attached hydrogen (secondary N) is 1. The molecule has 1 amide bonds. The van der Waals surface area contributed by atoms with Crippen LogP contribution in [-0.4, -0.2) is 75.8 Å². The van der Waals surface area contributed by atoms with Gasteiger partial charge in [-0.3, -0.25) is 14.4 Å². The molecule has 0 unspecified atom stereocenters. The quantitative estimate of drug-likeness (QED) is 0.388. The van der Waals surface area contributed by atoms with E-state index in [0.717, 1.165) is 0 Å². The van der Waals surface area contributed by atoms with Gasteiger partial charge >= 0.3 is 17.9 Å². The molecule has 2 aromatic rings. The van der Waals surface area contributed by atoms with Crippen LogP contribution in [0, 0.1) is 11.8 Å². The number of esters is 3. The fraction of sp³-hybridized carbons (Fsp3) is 0.458. The summed E-state index contributed by atoms with van der Waals surface area (Å²) in [6.07, 6.45) is 3.33. The molecule has 0 saturated carbocycles. The second-order valence-electron chi connectivity index (χ2n) is 8.62. The summed E-state index contributed by atoms with van der Waals surface area (Å²) in [7, 11) is 1.30. The zero-order chi connectivity index (χ0) is 27.1. The average molecular weight is 517 g/mol. The van der Waals surface area contributed by atoms with Crippen LogP contribution in [0.3, 0.4) is 0 Å². The number of aromatic nitrogens is 3. The molecule has 0 aliphatic carbocycles. The van der Waals surface area contributed by atoms with Crippen LogP contribution in [0.2, 0.25) is 0 Å². The number of amides is 1. The number of aromatic hydroxyl groups is 1. The lowest BCUT2D eigenvalue weighted by Crippen LogP contribution is -2.47. The Balaban J connectivity index is 1.87. The van der Waals surface area contributed by atoms with Crippen molar-refractivity contribution in [1.82, 2.24) is 20.3 Å². The number of hydrogen-bond donors (Lipinski definition) is 2. The molecule has 2 N–H and O–H groups in total. The van der Waals surface area contributed by atoms with E-state index in [1.54, 1.807) is 13.8 Å². The van der Waals surface area contributed by atoms with Crippen LogP contribution in [0.4, 0.5) is 0 Å². The maximum absolute atomic E-state index is 13.2. The van der Waals surface area contributed by atoms with Gasteiger partial charge in [0.15, 0.2) is 29.3 Å². The Morgan fingerprint density at radius 3 is 2.57 bits per heavy atom. The molecular weight excluding hydrogens is 488 g/mol. The van der Waals surface area contributed by atoms with Crippen LogP contribution in [0.5, 0.6) is 11.5 Å². The van der Waals surface area contributed by atoms with Crippen LogP contribution in [0.15, 0.2) is 31.0 Å². The molecule has 3 rings (SSSR count). The van der Waals surface area contributed by atoms with E-state index in [1.165, 1.54) is 45.0 Å². The fourth-order valence-corrected chi connectivity index (χ4v) is 3.57. The van der Waals surface area contributed by atoms with Crippen molar-refractivity contribution < 1.29 is 43.2 Å². The molecule has 1 fully saturated rings. The van der Waals surface area contributed by atoms with E-state index < -0.39 is 72.0 Å². The van der Waals surface area contributed by atoms with Gasteiger partial charge in [-0.1, -0.05) is 13.8 Å². The number of methoxy groups -OCH3 is 1. The van der Waals surface area contributed by atoms with Gasteiger partial charge in [0.2, 0.25) is 0 Å². The number of cyclic esters (lactones) is 2. The van der Waals surface area contributed by atoms with E-state index >= 15 is 0 Å². The second-order valence-corrected chi connectivity index (χ2v) is 8.62. The molecule has 2 aromatic heterocycles. The summed E-state index contributed by atoms with van der Waals surface area (Å²) >= 11 is 0. The van der Waals surface area contributed by atoms with E-state index in [-0.39, 0.29) is 12.2 Å². The lowest BCUT2D eigenvalue weighted by atomic mass is 9.92. The summed E-state index contributed by atoms with van der Waals surface area (Å²) in [4.78, 5) is 63.0. The maximum Gasteiger partial charge on any atom is 0.332 e. The molecule has 4 atom stereocenters. The number of nitrogens with zero attached hydrogens (tertiary/aromatic N) is 3. The van der Waals surface area contributed by atoms with Crippen LogP contribution in [0.1, 0.15) is 36.8 Å². The lowest BCUT2D eigenvalue weighted by molar-refractivity contribution is -0.176. The molecule has 198 valence electrons. The average Bonchev–Trinajstić information content (AvgIpc) is 2.91. The van der Waals surface area contributed by atoms with Crippen molar-refractivity contribution in [2.45, 2.75) is 45.4 Å². The van der Waals surface area contributed by atoms with E-state index in [2.05, 4.69) is 20.3 Å². The highest BCUT2D eigenvalue weighted by Gasteiger charge is 2.42. The minimum atomic E-state index is -1.44. The molecule has 1 aliphatic rings. The van der Waals surface area contributed by atoms with E-state index in [0.29, 0.717) is 5.56 Å². The number of ether oxygens (including phenoxy) is 4. The first kappa shape index (κ1) is 27.3. The van der Waals surface area contributed by atoms with Gasteiger partial charge in [0.1, 0.15) is 25.0 Å². The summed E-state index contributed by atoms with van der Waals surface area (Å²) in [5, 5.41) is 12.6. The Labute approximate surface area is 212 Å². The molecule has 0 bridgehead atoms. The minimum Gasteiger partial charge on any atom is -0.503 e. The van der Waals surface area contributed by atoms with Crippen molar-refractivity contribution in [3.8, 4) is 11.5 Å². The molecule has 37 heavy (non-hydrogen) atoms. The summed E-state index contributed by atoms with van der Waals surface area (Å²) in [5.41, 5.74) is 0.161. The highest BCUT2D eigenvalue weighted by molar-refractivity contribution is 5.98. The van der Waals surface area contributed by atoms with Crippen LogP contribution >= 0.6 is 0 Å². The monoisotopic (exact) mass is 516 g/mol. The highest BCUT2D eigenvalue weighted by Crippen LogP contribution is 2.28. The number of rotatable bonds is 7. The molecule has 0 spiro atoms. The van der Waals surface area contributed by atoms with Crippen molar-refractivity contribution in [3.05, 3.63) is 42.2 Å². The van der Waals surface area contributed by atoms with Gasteiger partial charge in [-0.25, -0.2) is 19.7 Å². The Morgan fingerprint density at radius 1 is 1.22 bits per heavy atom. The molecule has 13 heteroatoms. The van der Waals surface area contributed by atoms with E-state index in [1.807, 2.05) is 0 Å². The van der Waals surface area contributed by atoms with Gasteiger partial charge in [-0.05, 0) is 18.9 Å². The van der Waals surface area contributed by atoms with Gasteiger partial charge in [0, 0.05) is 24.7 Å². The molecular formula is C24H28N4O9. The number of carbonyl (C=O) groups excluding carboxylic acids is 4. The zero-order valence-corrected chi connectivity index (χ0v) is 20.7. The van der Waals surface area contributed by atoms with E-state index in [4.69, 9.17) is 18.9 Å². The molecule has 13 nitrogen and oxygen atoms in total. The normalized spacial score (nSPS) is 22.1. The predicted octanol–water partition coefficient (Wildman–Crippen LogP) is 0.599. The maximum atomic E-state index is 13.2. The molecule has 0 radical (unpaired) electrons. The Bertz CT molecular complexity index is 1140. The third kappa shape index (κ3) is 6.68. The number of carbonyl (C=O) groups is 4. The third-order valence-electron chi connectivity index (χ3n) is 5.56. The first-order valence-corrected chi connectivity index (χ1v) is 11.5. The zero-order valence-electron chi connectivity index (χ0n) is 20.7. The predicted molar refractivity (Wildman–Crippen MR) is 124 cm³/mol. The number of pyridine rings is 1. The lowest BCUT2D eigenvalue weighted by Gasteiger charge is -2.29. The largest absolute Gasteiger partial charge is 0.503 e. The van der Waals surface area contributed by atoms with E-state index in [9.17, 15) is 24.3 Å². The fourth-order valence-electron chi connectivity index (χ4n) is 3.57. The summed E-state index contributed by atoms with van der Waals surface area (Å²) < 4.78 is 21.4. The first-order valence-electron chi connectivity index (χ1n) is 11.5. The SMILES string of the molecule is COc1ccnc(C(=O)N[C@H]2COC(=O)[C@H](Cc3cncnc3)[C@@H](OC(=O)C(C)C)[C@H](C)OC2=O)c1O. The second kappa shape index (κ2) is 12.1. The minimum absolute atomic E-state index is 0.000198. The highest BCUT2D eigenvalue weighted by atomic mass is 16.6. The van der Waals surface area contributed by atoms with Crippen LogP contribution in [0.25, 0.3) is 0 Å². The Morgan fingerprint density at radius 2 is 1.92 bits per heavy atom. The standard InChI is InChI=1S/C24H28N4O9/c1-12(2)22(31)37-20-13(3)36-24(33)16(28-21(30)18-19(29)17(34-4)5-6-27-18)10-35-23(32)15(20)7-14-8-25-11-26-9-14/h5-6,8-9,11-13,15-16,20,29H,7,10H2,1-4H3,(H,28,30)/t13-,15+,16-,20-/m0/s1. The Kier molecular flexibility index (Phi) is 8.93. The molecule has 0 aromatic carbocycles. The summed E-state index contributed by atoms with van der Waals surface area (Å²) in [6, 6.07) is -0.0908.